The number of hydrogen-bond acceptors (Lipinski definition) is 5. The Morgan fingerprint density at radius 2 is 1.63 bits per heavy atom. The van der Waals surface area contributed by atoms with Crippen LogP contribution in [0.2, 0.25) is 0 Å². The minimum atomic E-state index is -0.126. The average Bonchev–Trinajstić information content (AvgIpc) is 3.25. The van der Waals surface area contributed by atoms with Gasteiger partial charge in [-0.25, -0.2) is 0 Å². The molecule has 0 saturated heterocycles. The van der Waals surface area contributed by atoms with E-state index in [-0.39, 0.29) is 11.7 Å². The lowest BCUT2D eigenvalue weighted by Crippen LogP contribution is -2.19. The van der Waals surface area contributed by atoms with Gasteiger partial charge in [0.2, 0.25) is 0 Å². The zero-order valence-electron chi connectivity index (χ0n) is 20.8. The minimum Gasteiger partial charge on any atom is -0.493 e. The van der Waals surface area contributed by atoms with Crippen LogP contribution in [0.5, 0.6) is 11.5 Å². The second kappa shape index (κ2) is 10.2. The Balaban J connectivity index is 1.61. The maximum Gasteiger partial charge on any atom is 0.262 e. The molecule has 0 bridgehead atoms. The molecule has 1 heterocycles. The molecule has 0 amide bonds. The van der Waals surface area contributed by atoms with E-state index in [0.29, 0.717) is 23.7 Å². The number of carbonyl (C=O) groups is 2. The van der Waals surface area contributed by atoms with E-state index in [4.69, 9.17) is 9.47 Å². The third kappa shape index (κ3) is 5.12. The third-order valence-corrected chi connectivity index (χ3v) is 6.06. The molecule has 0 spiro atoms. The van der Waals surface area contributed by atoms with Gasteiger partial charge in [-0.1, -0.05) is 30.3 Å². The zero-order valence-corrected chi connectivity index (χ0v) is 20.8. The van der Waals surface area contributed by atoms with Crippen LogP contribution in [0.1, 0.15) is 33.2 Å². The van der Waals surface area contributed by atoms with Crippen molar-refractivity contribution >= 4 is 22.6 Å². The van der Waals surface area contributed by atoms with Crippen molar-refractivity contribution in [1.29, 1.82) is 0 Å². The molecule has 6 nitrogen and oxygen atoms in total. The van der Waals surface area contributed by atoms with Gasteiger partial charge in [-0.2, -0.15) is 0 Å². The fourth-order valence-electron chi connectivity index (χ4n) is 4.11. The van der Waals surface area contributed by atoms with Crippen LogP contribution in [-0.4, -0.2) is 55.5 Å². The van der Waals surface area contributed by atoms with E-state index in [1.165, 1.54) is 0 Å². The molecule has 0 aliphatic carbocycles. The first-order valence-corrected chi connectivity index (χ1v) is 11.5. The van der Waals surface area contributed by atoms with Crippen LogP contribution >= 0.6 is 0 Å². The second-order valence-corrected chi connectivity index (χ2v) is 8.87. The van der Waals surface area contributed by atoms with Gasteiger partial charge < -0.3 is 14.4 Å². The number of ether oxygens (including phenoxy) is 2. The van der Waals surface area contributed by atoms with Crippen molar-refractivity contribution in [1.82, 2.24) is 9.47 Å². The number of aryl methyl sites for hydroxylation is 1. The van der Waals surface area contributed by atoms with Gasteiger partial charge in [0.05, 0.1) is 12.6 Å². The summed E-state index contributed by atoms with van der Waals surface area (Å²) in [4.78, 5) is 27.1. The van der Waals surface area contributed by atoms with Crippen molar-refractivity contribution in [3.63, 3.8) is 0 Å². The Kier molecular flexibility index (Phi) is 7.03. The molecule has 0 aliphatic rings. The number of methoxy groups -OCH3 is 1. The summed E-state index contributed by atoms with van der Waals surface area (Å²) in [5.74, 6) is 1.17. The number of aromatic nitrogens is 1. The van der Waals surface area contributed by atoms with Gasteiger partial charge in [0.1, 0.15) is 6.61 Å². The number of likely N-dealkylation sites (N-methyl/N-ethyl adjacent to an activating group) is 1. The van der Waals surface area contributed by atoms with E-state index in [0.717, 1.165) is 39.7 Å². The number of carbonyl (C=O) groups excluding carboxylic acids is 2. The van der Waals surface area contributed by atoms with Gasteiger partial charge in [-0.15, -0.1) is 0 Å². The first-order valence-electron chi connectivity index (χ1n) is 11.5. The predicted octanol–water partition coefficient (Wildman–Crippen LogP) is 5.46. The molecular weight excluding hydrogens is 440 g/mol. The largest absolute Gasteiger partial charge is 0.493 e. The van der Waals surface area contributed by atoms with Crippen molar-refractivity contribution in [3.8, 4) is 22.6 Å². The lowest BCUT2D eigenvalue weighted by molar-refractivity contribution is 0.0963. The average molecular weight is 471 g/mol. The van der Waals surface area contributed by atoms with E-state index >= 15 is 0 Å². The fourth-order valence-corrected chi connectivity index (χ4v) is 4.11. The van der Waals surface area contributed by atoms with Crippen LogP contribution in [0.4, 0.5) is 0 Å². The Morgan fingerprint density at radius 1 is 0.914 bits per heavy atom. The fraction of sp³-hybridized carbons (Fsp3) is 0.241. The maximum atomic E-state index is 13.4. The summed E-state index contributed by atoms with van der Waals surface area (Å²) in [7, 11) is 5.58. The number of Topliss-reactive ketones (excluding diaryl/α,β-unsaturated/α-hetero) is 1. The van der Waals surface area contributed by atoms with Gasteiger partial charge in [0.15, 0.2) is 17.3 Å². The van der Waals surface area contributed by atoms with Crippen LogP contribution in [0.15, 0.2) is 66.9 Å². The zero-order chi connectivity index (χ0) is 25.1. The Morgan fingerprint density at radius 3 is 2.26 bits per heavy atom. The summed E-state index contributed by atoms with van der Waals surface area (Å²) in [5.41, 5.74) is 4.99. The molecule has 180 valence electrons. The van der Waals surface area contributed by atoms with Crippen LogP contribution in [0, 0.1) is 6.92 Å². The SMILES string of the molecule is COc1cc2ccn(C(=O)c3ccc(-c4ccc(C(C)=O)c(C)c4)cc3)c2cc1OCCN(C)C. The van der Waals surface area contributed by atoms with E-state index in [1.807, 2.05) is 86.6 Å². The summed E-state index contributed by atoms with van der Waals surface area (Å²) in [6, 6.07) is 18.9. The first kappa shape index (κ1) is 24.2. The van der Waals surface area contributed by atoms with Crippen molar-refractivity contribution in [2.75, 3.05) is 34.4 Å². The van der Waals surface area contributed by atoms with Crippen molar-refractivity contribution in [2.45, 2.75) is 13.8 Å². The Bertz CT molecular complexity index is 1380. The minimum absolute atomic E-state index is 0.0535. The molecule has 0 N–H and O–H groups in total. The predicted molar refractivity (Wildman–Crippen MR) is 139 cm³/mol. The van der Waals surface area contributed by atoms with Crippen molar-refractivity contribution < 1.29 is 19.1 Å². The van der Waals surface area contributed by atoms with Crippen molar-refractivity contribution in [2.24, 2.45) is 0 Å². The molecule has 6 heteroatoms. The molecule has 4 rings (SSSR count). The normalized spacial score (nSPS) is 11.1. The highest BCUT2D eigenvalue weighted by atomic mass is 16.5. The van der Waals surface area contributed by atoms with Crippen LogP contribution < -0.4 is 9.47 Å². The number of benzene rings is 3. The summed E-state index contributed by atoms with van der Waals surface area (Å²) < 4.78 is 13.1. The van der Waals surface area contributed by atoms with Gasteiger partial charge in [-0.3, -0.25) is 14.2 Å². The number of nitrogens with zero attached hydrogens (tertiary/aromatic N) is 2. The Hall–Kier alpha value is -3.90. The first-order chi connectivity index (χ1) is 16.8. The Labute approximate surface area is 205 Å². The maximum absolute atomic E-state index is 13.4. The van der Waals surface area contributed by atoms with Crippen LogP contribution in [0.25, 0.3) is 22.0 Å². The lowest BCUT2D eigenvalue weighted by Gasteiger charge is -2.14. The number of ketones is 1. The summed E-state index contributed by atoms with van der Waals surface area (Å²) in [5, 5.41) is 0.896. The third-order valence-electron chi connectivity index (χ3n) is 6.06. The number of fused-ring (bicyclic) bond motifs is 1. The highest BCUT2D eigenvalue weighted by Crippen LogP contribution is 2.33. The molecule has 0 unspecified atom stereocenters. The van der Waals surface area contributed by atoms with Crippen molar-refractivity contribution in [3.05, 3.63) is 83.6 Å². The smallest absolute Gasteiger partial charge is 0.262 e. The van der Waals surface area contributed by atoms with E-state index in [9.17, 15) is 9.59 Å². The molecule has 0 radical (unpaired) electrons. The summed E-state index contributed by atoms with van der Waals surface area (Å²) >= 11 is 0. The van der Waals surface area contributed by atoms with Gasteiger partial charge in [0.25, 0.3) is 5.91 Å². The summed E-state index contributed by atoms with van der Waals surface area (Å²) in [6.45, 7) is 4.79. The quantitative estimate of drug-likeness (QED) is 0.320. The number of hydrogen-bond donors (Lipinski definition) is 0. The molecule has 0 fully saturated rings. The molecular formula is C29H30N2O4. The topological polar surface area (TPSA) is 60.8 Å². The van der Waals surface area contributed by atoms with Gasteiger partial charge in [-0.05, 0) is 68.9 Å². The molecule has 0 aliphatic heterocycles. The van der Waals surface area contributed by atoms with E-state index < -0.39 is 0 Å². The lowest BCUT2D eigenvalue weighted by atomic mass is 9.97. The standard InChI is InChI=1S/C29H30N2O4/c1-19-16-23(10-11-25(19)20(2)32)21-6-8-22(9-7-21)29(33)31-13-12-24-17-27(34-5)28(18-26(24)31)35-15-14-30(3)4/h6-13,16-18H,14-15H2,1-5H3. The monoisotopic (exact) mass is 470 g/mol. The molecule has 3 aromatic carbocycles. The molecule has 0 saturated carbocycles. The highest BCUT2D eigenvalue weighted by Gasteiger charge is 2.16. The highest BCUT2D eigenvalue weighted by molar-refractivity contribution is 6.03. The van der Waals surface area contributed by atoms with Gasteiger partial charge >= 0.3 is 0 Å². The number of rotatable bonds is 8. The van der Waals surface area contributed by atoms with Crippen LogP contribution in [-0.2, 0) is 0 Å². The molecule has 4 aromatic rings. The molecule has 0 atom stereocenters. The van der Waals surface area contributed by atoms with E-state index in [1.54, 1.807) is 24.8 Å². The summed E-state index contributed by atoms with van der Waals surface area (Å²) in [6.07, 6.45) is 1.77. The molecule has 1 aromatic heterocycles. The molecule has 35 heavy (non-hydrogen) atoms. The van der Waals surface area contributed by atoms with E-state index in [2.05, 4.69) is 0 Å². The van der Waals surface area contributed by atoms with Gasteiger partial charge in [0, 0.05) is 35.3 Å². The van der Waals surface area contributed by atoms with Crippen LogP contribution in [0.3, 0.4) is 0 Å². The second-order valence-electron chi connectivity index (χ2n) is 8.87.